The van der Waals surface area contributed by atoms with Crippen LogP contribution in [0, 0.1) is 0 Å². The molecule has 0 radical (unpaired) electrons. The Morgan fingerprint density at radius 1 is 0.405 bits per heavy atom. The number of hydrogen-bond acceptors (Lipinski definition) is 12. The Bertz CT molecular complexity index is 513. The predicted octanol–water partition coefficient (Wildman–Crippen LogP) is 0.316. The fraction of sp³-hybridized carbons (Fsp3) is 0.833. The Balaban J connectivity index is -0.000000529. The summed E-state index contributed by atoms with van der Waals surface area (Å²) < 4.78 is 14.4. The molecule has 0 unspecified atom stereocenters. The van der Waals surface area contributed by atoms with Gasteiger partial charge in [0.15, 0.2) is 0 Å². The van der Waals surface area contributed by atoms with E-state index in [1.165, 1.54) is 0 Å². The summed E-state index contributed by atoms with van der Waals surface area (Å²) in [4.78, 5) is 43.1. The summed E-state index contributed by atoms with van der Waals surface area (Å²) in [6.45, 7) is 1.41. The molecule has 0 aromatic heterocycles. The number of ether oxygens (including phenoxy) is 3. The molecular formula is C24H46O13. The maximum atomic E-state index is 11.2. The first-order valence-electron chi connectivity index (χ1n) is 12.5. The van der Waals surface area contributed by atoms with Gasteiger partial charge in [0.2, 0.25) is 0 Å². The van der Waals surface area contributed by atoms with E-state index in [4.69, 9.17) is 40.1 Å². The van der Waals surface area contributed by atoms with Crippen LogP contribution in [0.4, 0.5) is 0 Å². The minimum atomic E-state index is -1.01. The number of carboxylic acid groups (broad SMARTS) is 1. The van der Waals surface area contributed by atoms with Gasteiger partial charge in [-0.3, -0.25) is 19.2 Å². The summed E-state index contributed by atoms with van der Waals surface area (Å²) in [6, 6.07) is 0. The molecule has 37 heavy (non-hydrogen) atoms. The minimum Gasteiger partial charge on any atom is -0.481 e. The highest BCUT2D eigenvalue weighted by Gasteiger charge is 2.09. The molecule has 0 bridgehead atoms. The number of aliphatic carboxylic acids is 1. The number of carboxylic acids is 1. The van der Waals surface area contributed by atoms with E-state index in [1.807, 2.05) is 0 Å². The van der Waals surface area contributed by atoms with Gasteiger partial charge in [0, 0.05) is 33.0 Å². The van der Waals surface area contributed by atoms with E-state index in [-0.39, 0.29) is 78.5 Å². The molecule has 0 aliphatic carbocycles. The third-order valence-electron chi connectivity index (χ3n) is 4.09. The van der Waals surface area contributed by atoms with Crippen molar-refractivity contribution < 1.29 is 64.0 Å². The van der Waals surface area contributed by atoms with Crippen molar-refractivity contribution in [2.75, 3.05) is 52.9 Å². The molecule has 0 aliphatic heterocycles. The van der Waals surface area contributed by atoms with Crippen molar-refractivity contribution >= 4 is 23.9 Å². The topological polar surface area (TPSA) is 217 Å². The van der Waals surface area contributed by atoms with E-state index >= 15 is 0 Å². The smallest absolute Gasteiger partial charge is 0.306 e. The monoisotopic (exact) mass is 542 g/mol. The Morgan fingerprint density at radius 2 is 0.649 bits per heavy atom. The number of unbranched alkanes of at least 4 members (excludes halogenated alkanes) is 4. The van der Waals surface area contributed by atoms with Crippen LogP contribution in [0.2, 0.25) is 0 Å². The molecule has 0 saturated heterocycles. The first-order chi connectivity index (χ1) is 17.8. The predicted molar refractivity (Wildman–Crippen MR) is 131 cm³/mol. The summed E-state index contributed by atoms with van der Waals surface area (Å²) in [5.74, 6) is -2.37. The van der Waals surface area contributed by atoms with Crippen LogP contribution in [-0.2, 0) is 33.4 Å². The van der Waals surface area contributed by atoms with Gasteiger partial charge in [0.1, 0.15) is 0 Å². The molecule has 0 saturated carbocycles. The Hall–Kier alpha value is -2.32. The molecule has 0 aromatic rings. The van der Waals surface area contributed by atoms with Gasteiger partial charge in [-0.05, 0) is 51.4 Å². The highest BCUT2D eigenvalue weighted by Crippen LogP contribution is 1.99. The Morgan fingerprint density at radius 3 is 0.892 bits per heavy atom. The number of carbonyl (C=O) groups excluding carboxylic acids is 3. The molecule has 220 valence electrons. The van der Waals surface area contributed by atoms with Crippen LogP contribution in [0.1, 0.15) is 77.0 Å². The molecule has 0 rings (SSSR count). The zero-order valence-corrected chi connectivity index (χ0v) is 21.7. The number of esters is 3. The molecule has 0 fully saturated rings. The summed E-state index contributed by atoms with van der Waals surface area (Å²) in [5.41, 5.74) is 0. The fourth-order valence-corrected chi connectivity index (χ4v) is 2.05. The van der Waals surface area contributed by atoms with E-state index in [0.717, 1.165) is 12.8 Å². The van der Waals surface area contributed by atoms with Crippen molar-refractivity contribution in [2.45, 2.75) is 77.0 Å². The van der Waals surface area contributed by atoms with E-state index < -0.39 is 23.9 Å². The molecule has 13 nitrogen and oxygen atoms in total. The van der Waals surface area contributed by atoms with Gasteiger partial charge in [-0.1, -0.05) is 0 Å². The first-order valence-corrected chi connectivity index (χ1v) is 12.5. The number of aliphatic hydroxyl groups excluding tert-OH is 5. The van der Waals surface area contributed by atoms with Crippen molar-refractivity contribution in [3.63, 3.8) is 0 Å². The van der Waals surface area contributed by atoms with Gasteiger partial charge in [-0.25, -0.2) is 0 Å². The maximum Gasteiger partial charge on any atom is 0.306 e. The highest BCUT2D eigenvalue weighted by molar-refractivity contribution is 5.77. The fourth-order valence-electron chi connectivity index (χ4n) is 2.05. The van der Waals surface area contributed by atoms with Gasteiger partial charge in [-0.2, -0.15) is 0 Å². The quantitative estimate of drug-likeness (QED) is 0.0654. The lowest BCUT2D eigenvalue weighted by Gasteiger charge is -2.05. The van der Waals surface area contributed by atoms with Crippen molar-refractivity contribution in [1.29, 1.82) is 0 Å². The van der Waals surface area contributed by atoms with Crippen LogP contribution in [0.25, 0.3) is 0 Å². The van der Waals surface area contributed by atoms with Crippen molar-refractivity contribution in [3.8, 4) is 0 Å². The number of hydrogen-bond donors (Lipinski definition) is 6. The van der Waals surface area contributed by atoms with Gasteiger partial charge in [-0.15, -0.1) is 0 Å². The van der Waals surface area contributed by atoms with Gasteiger partial charge in [0.25, 0.3) is 0 Å². The SMILES string of the molecule is O=C(CCC(=O)OCCCCO)OCCCCO.O=C(O)CCC(=O)OCCCCO.OCCCCO. The van der Waals surface area contributed by atoms with Gasteiger partial charge < -0.3 is 44.8 Å². The molecule has 0 spiro atoms. The second kappa shape index (κ2) is 33.7. The summed E-state index contributed by atoms with van der Waals surface area (Å²) in [7, 11) is 0. The zero-order valence-electron chi connectivity index (χ0n) is 21.7. The largest absolute Gasteiger partial charge is 0.481 e. The lowest BCUT2D eigenvalue weighted by molar-refractivity contribution is -0.150. The molecule has 0 atom stereocenters. The lowest BCUT2D eigenvalue weighted by atomic mass is 10.3. The third kappa shape index (κ3) is 41.1. The van der Waals surface area contributed by atoms with Gasteiger partial charge in [0.05, 0.1) is 45.5 Å². The van der Waals surface area contributed by atoms with Crippen molar-refractivity contribution in [1.82, 2.24) is 0 Å². The van der Waals surface area contributed by atoms with E-state index in [0.29, 0.717) is 38.5 Å². The molecule has 0 amide bonds. The van der Waals surface area contributed by atoms with Crippen LogP contribution in [0.15, 0.2) is 0 Å². The van der Waals surface area contributed by atoms with Crippen molar-refractivity contribution in [2.24, 2.45) is 0 Å². The number of carbonyl (C=O) groups is 4. The Labute approximate surface area is 218 Å². The summed E-state index contributed by atoms with van der Waals surface area (Å²) in [6.07, 6.45) is 4.81. The average molecular weight is 543 g/mol. The summed E-state index contributed by atoms with van der Waals surface area (Å²) in [5, 5.41) is 49.8. The van der Waals surface area contributed by atoms with Crippen LogP contribution in [0.3, 0.4) is 0 Å². The third-order valence-corrected chi connectivity index (χ3v) is 4.09. The zero-order chi connectivity index (χ0) is 28.6. The van der Waals surface area contributed by atoms with Crippen molar-refractivity contribution in [3.05, 3.63) is 0 Å². The van der Waals surface area contributed by atoms with Crippen LogP contribution in [-0.4, -0.2) is 107 Å². The van der Waals surface area contributed by atoms with E-state index in [9.17, 15) is 19.2 Å². The molecule has 0 heterocycles. The van der Waals surface area contributed by atoms with Crippen LogP contribution >= 0.6 is 0 Å². The van der Waals surface area contributed by atoms with Crippen LogP contribution < -0.4 is 0 Å². The standard InChI is InChI=1S/C12H22O6.C8H14O5.C4H10O2/c13-7-1-3-9-17-11(15)5-6-12(16)18-10-4-2-8-14;9-5-1-2-6-13-8(12)4-3-7(10)11;5-3-1-2-4-6/h13-14H,1-10H2;9H,1-6H2,(H,10,11);5-6H,1-4H2. The minimum absolute atomic E-state index is 0.0119. The normalized spacial score (nSPS) is 9.76. The molecule has 0 aliphatic rings. The highest BCUT2D eigenvalue weighted by atomic mass is 16.5. The molecule has 0 aromatic carbocycles. The van der Waals surface area contributed by atoms with Crippen LogP contribution in [0.5, 0.6) is 0 Å². The molecule has 13 heteroatoms. The first kappa shape index (κ1) is 39.2. The number of aliphatic hydroxyl groups is 5. The Kier molecular flexibility index (Phi) is 35.7. The van der Waals surface area contributed by atoms with E-state index in [2.05, 4.69) is 4.74 Å². The molecular weight excluding hydrogens is 496 g/mol. The number of rotatable bonds is 21. The lowest BCUT2D eigenvalue weighted by Crippen LogP contribution is -2.11. The average Bonchev–Trinajstić information content (AvgIpc) is 2.88. The summed E-state index contributed by atoms with van der Waals surface area (Å²) >= 11 is 0. The second-order valence-corrected chi connectivity index (χ2v) is 7.50. The molecule has 6 N–H and O–H groups in total. The second-order valence-electron chi connectivity index (χ2n) is 7.50. The van der Waals surface area contributed by atoms with Gasteiger partial charge >= 0.3 is 23.9 Å². The maximum absolute atomic E-state index is 11.2. The van der Waals surface area contributed by atoms with E-state index in [1.54, 1.807) is 0 Å².